The van der Waals surface area contributed by atoms with Gasteiger partial charge in [0, 0.05) is 23.0 Å². The average Bonchev–Trinajstić information content (AvgIpc) is 3.42. The molecule has 4 aromatic rings. The van der Waals surface area contributed by atoms with Gasteiger partial charge >= 0.3 is 12.1 Å². The van der Waals surface area contributed by atoms with Gasteiger partial charge in [-0.3, -0.25) is 9.59 Å². The molecule has 0 aliphatic rings. The first kappa shape index (κ1) is 29.0. The van der Waals surface area contributed by atoms with Gasteiger partial charge in [-0.15, -0.1) is 11.3 Å². The van der Waals surface area contributed by atoms with Crippen LogP contribution in [0, 0.1) is 0 Å². The number of carbonyl (C=O) groups is 4. The second-order valence-electron chi connectivity index (χ2n) is 9.05. The molecule has 0 saturated carbocycles. The summed E-state index contributed by atoms with van der Waals surface area (Å²) in [4.78, 5) is 50.0. The van der Waals surface area contributed by atoms with Crippen LogP contribution in [0.15, 0.2) is 91.0 Å². The summed E-state index contributed by atoms with van der Waals surface area (Å²) in [5, 5.41) is 18.2. The maximum Gasteiger partial charge on any atom is 0.407 e. The van der Waals surface area contributed by atoms with Crippen LogP contribution in [0.3, 0.4) is 0 Å². The van der Waals surface area contributed by atoms with Crippen molar-refractivity contribution in [3.63, 3.8) is 0 Å². The van der Waals surface area contributed by atoms with Gasteiger partial charge in [-0.2, -0.15) is 0 Å². The summed E-state index contributed by atoms with van der Waals surface area (Å²) < 4.78 is 6.17. The third kappa shape index (κ3) is 8.77. The summed E-state index contributed by atoms with van der Waals surface area (Å²) in [5.41, 5.74) is 1.77. The Morgan fingerprint density at radius 1 is 0.927 bits per heavy atom. The number of hydrogen-bond donors (Lipinski definition) is 4. The van der Waals surface area contributed by atoms with E-state index in [0.29, 0.717) is 22.5 Å². The van der Waals surface area contributed by atoms with Crippen LogP contribution in [-0.2, 0) is 20.9 Å². The maximum absolute atomic E-state index is 13.4. The Hall–Kier alpha value is -4.96. The summed E-state index contributed by atoms with van der Waals surface area (Å²) in [5.74, 6) is -1.97. The molecule has 0 aliphatic carbocycles. The molecule has 4 rings (SSSR count). The quantitative estimate of drug-likeness (QED) is 0.132. The normalized spacial score (nSPS) is 11.6. The Morgan fingerprint density at radius 3 is 2.44 bits per heavy atom. The van der Waals surface area contributed by atoms with Crippen molar-refractivity contribution >= 4 is 57.1 Å². The van der Waals surface area contributed by atoms with Gasteiger partial charge in [0.15, 0.2) is 0 Å². The highest BCUT2D eigenvalue weighted by molar-refractivity contribution is 7.20. The molecule has 3 amide bonds. The zero-order valence-electron chi connectivity index (χ0n) is 22.0. The van der Waals surface area contributed by atoms with Crippen molar-refractivity contribution in [2.75, 3.05) is 11.9 Å². The monoisotopic (exact) mass is 571 g/mol. The molecule has 0 fully saturated rings. The smallest absolute Gasteiger partial charge is 0.407 e. The molecule has 0 aliphatic heterocycles. The summed E-state index contributed by atoms with van der Waals surface area (Å²) in [6.07, 6.45) is 2.39. The number of carbonyl (C=O) groups excluding carboxylic acids is 3. The van der Waals surface area contributed by atoms with E-state index in [1.54, 1.807) is 30.3 Å². The SMILES string of the molecule is O=C(O)/C=C/c1ccccc1NC(=O)[C@H](CCCNC(=O)OCc1ccccc1)NC(=O)c1cc2ccccc2s1. The van der Waals surface area contributed by atoms with E-state index in [0.717, 1.165) is 21.7 Å². The molecule has 3 aromatic carbocycles. The van der Waals surface area contributed by atoms with Crippen molar-refractivity contribution in [1.82, 2.24) is 10.6 Å². The fourth-order valence-electron chi connectivity index (χ4n) is 4.00. The molecular weight excluding hydrogens is 542 g/mol. The molecule has 10 heteroatoms. The number of hydrogen-bond acceptors (Lipinski definition) is 6. The number of thiophene rings is 1. The molecule has 0 unspecified atom stereocenters. The lowest BCUT2D eigenvalue weighted by atomic mass is 10.1. The highest BCUT2D eigenvalue weighted by atomic mass is 32.1. The zero-order valence-corrected chi connectivity index (χ0v) is 22.9. The van der Waals surface area contributed by atoms with E-state index in [2.05, 4.69) is 16.0 Å². The highest BCUT2D eigenvalue weighted by Crippen LogP contribution is 2.25. The summed E-state index contributed by atoms with van der Waals surface area (Å²) in [7, 11) is 0. The van der Waals surface area contributed by atoms with Gasteiger partial charge in [0.1, 0.15) is 12.6 Å². The standard InChI is InChI=1S/C31H29N3O6S/c35-28(36)17-16-22-11-4-6-13-24(22)33-29(37)25(34-30(38)27-19-23-12-5-7-15-26(23)41-27)14-8-18-32-31(39)40-20-21-9-2-1-3-10-21/h1-7,9-13,15-17,19,25H,8,14,18,20H2,(H,32,39)(H,33,37)(H,34,38)(H,35,36)/b17-16+/t25-/m0/s1. The lowest BCUT2D eigenvalue weighted by Gasteiger charge is -2.19. The first-order chi connectivity index (χ1) is 19.9. The van der Waals surface area contributed by atoms with Gasteiger partial charge in [-0.05, 0) is 53.6 Å². The van der Waals surface area contributed by atoms with Crippen LogP contribution >= 0.6 is 11.3 Å². The van der Waals surface area contributed by atoms with E-state index >= 15 is 0 Å². The van der Waals surface area contributed by atoms with E-state index in [1.165, 1.54) is 17.4 Å². The van der Waals surface area contributed by atoms with Gasteiger partial charge in [0.25, 0.3) is 5.91 Å². The van der Waals surface area contributed by atoms with Crippen LogP contribution in [0.2, 0.25) is 0 Å². The first-order valence-corrected chi connectivity index (χ1v) is 13.8. The van der Waals surface area contributed by atoms with Crippen molar-refractivity contribution in [2.45, 2.75) is 25.5 Å². The van der Waals surface area contributed by atoms with Crippen LogP contribution in [0.5, 0.6) is 0 Å². The number of fused-ring (bicyclic) bond motifs is 1. The van der Waals surface area contributed by atoms with Crippen LogP contribution in [-0.4, -0.2) is 41.6 Å². The Morgan fingerprint density at radius 2 is 1.66 bits per heavy atom. The van der Waals surface area contributed by atoms with Crippen LogP contribution in [0.1, 0.15) is 33.6 Å². The largest absolute Gasteiger partial charge is 0.478 e. The number of alkyl carbamates (subject to hydrolysis) is 1. The Bertz CT molecular complexity index is 1520. The lowest BCUT2D eigenvalue weighted by molar-refractivity contribution is -0.131. The fourth-order valence-corrected chi connectivity index (χ4v) is 4.97. The predicted molar refractivity (Wildman–Crippen MR) is 159 cm³/mol. The third-order valence-electron chi connectivity index (χ3n) is 6.05. The summed E-state index contributed by atoms with van der Waals surface area (Å²) >= 11 is 1.33. The van der Waals surface area contributed by atoms with Crippen LogP contribution in [0.4, 0.5) is 10.5 Å². The molecule has 9 nitrogen and oxygen atoms in total. The molecule has 4 N–H and O–H groups in total. The number of ether oxygens (including phenoxy) is 1. The maximum atomic E-state index is 13.4. The van der Waals surface area contributed by atoms with Crippen molar-refractivity contribution < 1.29 is 29.0 Å². The van der Waals surface area contributed by atoms with E-state index in [9.17, 15) is 19.2 Å². The Labute approximate surface area is 240 Å². The molecule has 41 heavy (non-hydrogen) atoms. The minimum atomic E-state index is -1.12. The number of rotatable bonds is 12. The van der Waals surface area contributed by atoms with Crippen molar-refractivity contribution in [3.8, 4) is 0 Å². The molecule has 0 spiro atoms. The minimum Gasteiger partial charge on any atom is -0.478 e. The number of amides is 3. The van der Waals surface area contributed by atoms with Gasteiger partial charge in [-0.1, -0.05) is 66.7 Å². The van der Waals surface area contributed by atoms with Gasteiger partial charge in [-0.25, -0.2) is 9.59 Å². The average molecular weight is 572 g/mol. The fraction of sp³-hybridized carbons (Fsp3) is 0.161. The third-order valence-corrected chi connectivity index (χ3v) is 7.16. The van der Waals surface area contributed by atoms with Crippen LogP contribution < -0.4 is 16.0 Å². The van der Waals surface area contributed by atoms with Gasteiger partial charge in [0.2, 0.25) is 5.91 Å². The zero-order chi connectivity index (χ0) is 29.0. The topological polar surface area (TPSA) is 134 Å². The Balaban J connectivity index is 1.40. The second-order valence-corrected chi connectivity index (χ2v) is 10.1. The molecular formula is C31H29N3O6S. The van der Waals surface area contributed by atoms with Crippen molar-refractivity contribution in [3.05, 3.63) is 107 Å². The molecule has 0 radical (unpaired) electrons. The number of nitrogens with one attached hydrogen (secondary N) is 3. The summed E-state index contributed by atoms with van der Waals surface area (Å²) in [6, 6.07) is 24.5. The van der Waals surface area contributed by atoms with E-state index < -0.39 is 24.0 Å². The lowest BCUT2D eigenvalue weighted by Crippen LogP contribution is -2.44. The van der Waals surface area contributed by atoms with Crippen molar-refractivity contribution in [2.24, 2.45) is 0 Å². The molecule has 1 heterocycles. The number of para-hydroxylation sites is 1. The molecule has 0 saturated heterocycles. The molecule has 1 atom stereocenters. The Kier molecular flexibility index (Phi) is 10.2. The van der Waals surface area contributed by atoms with Gasteiger partial charge < -0.3 is 25.8 Å². The molecule has 210 valence electrons. The minimum absolute atomic E-state index is 0.138. The number of benzene rings is 3. The predicted octanol–water partition coefficient (Wildman–Crippen LogP) is 5.44. The van der Waals surface area contributed by atoms with E-state index in [1.807, 2.05) is 54.6 Å². The number of aliphatic carboxylic acids is 1. The van der Waals surface area contributed by atoms with Gasteiger partial charge in [0.05, 0.1) is 4.88 Å². The molecule has 0 bridgehead atoms. The summed E-state index contributed by atoms with van der Waals surface area (Å²) in [6.45, 7) is 0.368. The van der Waals surface area contributed by atoms with Crippen LogP contribution in [0.25, 0.3) is 16.2 Å². The van der Waals surface area contributed by atoms with E-state index in [-0.39, 0.29) is 25.5 Å². The molecule has 1 aromatic heterocycles. The number of carboxylic acids is 1. The first-order valence-electron chi connectivity index (χ1n) is 12.9. The van der Waals surface area contributed by atoms with E-state index in [4.69, 9.17) is 9.84 Å². The number of anilines is 1. The number of carboxylic acid groups (broad SMARTS) is 1. The highest BCUT2D eigenvalue weighted by Gasteiger charge is 2.23. The second kappa shape index (κ2) is 14.4. The van der Waals surface area contributed by atoms with Crippen molar-refractivity contribution in [1.29, 1.82) is 0 Å².